The van der Waals surface area contributed by atoms with Crippen LogP contribution in [0.1, 0.15) is 71.1 Å². The summed E-state index contributed by atoms with van der Waals surface area (Å²) in [4.78, 5) is 26.2. The molecular weight excluding hydrogens is 384 g/mol. The molecule has 1 aliphatic heterocycles. The first-order chi connectivity index (χ1) is 14.3. The molecule has 2 aliphatic carbocycles. The fourth-order valence-corrected chi connectivity index (χ4v) is 5.69. The zero-order chi connectivity index (χ0) is 21.7. The first kappa shape index (κ1) is 23.5. The summed E-state index contributed by atoms with van der Waals surface area (Å²) in [5.74, 6) is 1.08. The lowest BCUT2D eigenvalue weighted by Crippen LogP contribution is -2.46. The van der Waals surface area contributed by atoms with Gasteiger partial charge in [-0.25, -0.2) is 4.79 Å². The number of likely N-dealkylation sites (tertiary alicyclic amines) is 1. The summed E-state index contributed by atoms with van der Waals surface area (Å²) in [6, 6.07) is 0. The minimum absolute atomic E-state index is 0.0496. The molecule has 5 atom stereocenters. The highest BCUT2D eigenvalue weighted by atomic mass is 16.5. The highest BCUT2D eigenvalue weighted by Gasteiger charge is 2.37. The SMILES string of the molecule is CC(O)(COC1CCCC(C(=O)N2CCC(C3CCCC(CN)C3)CC2)C1)C(=O)O. The molecule has 2 saturated carbocycles. The second-order valence-electron chi connectivity index (χ2n) is 10.1. The Hall–Kier alpha value is -1.18. The molecule has 0 aromatic carbocycles. The monoisotopic (exact) mass is 424 g/mol. The standard InChI is InChI=1S/C23H40N2O5/c1-23(29,22(27)28)15-30-20-7-3-6-19(13-20)21(26)25-10-8-17(9-11-25)18-5-2-4-16(12-18)14-24/h16-20,29H,2-15,24H2,1H3,(H,27,28). The summed E-state index contributed by atoms with van der Waals surface area (Å²) >= 11 is 0. The van der Waals surface area contributed by atoms with Crippen LogP contribution in [0.4, 0.5) is 0 Å². The molecule has 0 radical (unpaired) electrons. The van der Waals surface area contributed by atoms with Crippen molar-refractivity contribution >= 4 is 11.9 Å². The van der Waals surface area contributed by atoms with Crippen molar-refractivity contribution in [2.75, 3.05) is 26.2 Å². The molecule has 172 valence electrons. The van der Waals surface area contributed by atoms with E-state index < -0.39 is 11.6 Å². The van der Waals surface area contributed by atoms with Gasteiger partial charge in [0.2, 0.25) is 5.91 Å². The van der Waals surface area contributed by atoms with Crippen molar-refractivity contribution in [3.63, 3.8) is 0 Å². The maximum absolute atomic E-state index is 13.1. The van der Waals surface area contributed by atoms with Crippen LogP contribution in [0.2, 0.25) is 0 Å². The number of piperidine rings is 1. The van der Waals surface area contributed by atoms with Gasteiger partial charge in [0.1, 0.15) is 0 Å². The van der Waals surface area contributed by atoms with Gasteiger partial charge < -0.3 is 25.6 Å². The van der Waals surface area contributed by atoms with Gasteiger partial charge in [-0.15, -0.1) is 0 Å². The van der Waals surface area contributed by atoms with E-state index in [-0.39, 0.29) is 24.5 Å². The molecule has 3 aliphatic rings. The van der Waals surface area contributed by atoms with Crippen LogP contribution in [0.3, 0.4) is 0 Å². The summed E-state index contributed by atoms with van der Waals surface area (Å²) in [6.45, 7) is 3.50. The molecule has 4 N–H and O–H groups in total. The fourth-order valence-electron chi connectivity index (χ4n) is 5.69. The Labute approximate surface area is 180 Å². The van der Waals surface area contributed by atoms with Gasteiger partial charge in [-0.05, 0) is 76.2 Å². The average molecular weight is 425 g/mol. The number of nitrogens with two attached hydrogens (primary N) is 1. The number of carbonyl (C=O) groups excluding carboxylic acids is 1. The molecular formula is C23H40N2O5. The van der Waals surface area contributed by atoms with Gasteiger partial charge in [-0.2, -0.15) is 0 Å². The summed E-state index contributed by atoms with van der Waals surface area (Å²) in [7, 11) is 0. The van der Waals surface area contributed by atoms with E-state index in [1.165, 1.54) is 32.6 Å². The molecule has 1 amide bonds. The third kappa shape index (κ3) is 5.95. The fraction of sp³-hybridized carbons (Fsp3) is 0.913. The van der Waals surface area contributed by atoms with Crippen LogP contribution in [-0.2, 0) is 14.3 Å². The van der Waals surface area contributed by atoms with E-state index in [0.29, 0.717) is 12.3 Å². The van der Waals surface area contributed by atoms with Crippen LogP contribution in [0, 0.1) is 23.7 Å². The number of nitrogens with zero attached hydrogens (tertiary/aromatic N) is 1. The topological polar surface area (TPSA) is 113 Å². The van der Waals surface area contributed by atoms with Crippen LogP contribution in [0.25, 0.3) is 0 Å². The van der Waals surface area contributed by atoms with E-state index in [9.17, 15) is 14.7 Å². The van der Waals surface area contributed by atoms with Gasteiger partial charge >= 0.3 is 5.97 Å². The normalized spacial score (nSPS) is 33.1. The van der Waals surface area contributed by atoms with Gasteiger partial charge in [-0.3, -0.25) is 4.79 Å². The van der Waals surface area contributed by atoms with Gasteiger partial charge in [0, 0.05) is 19.0 Å². The molecule has 0 spiro atoms. The number of amides is 1. The van der Waals surface area contributed by atoms with Crippen LogP contribution < -0.4 is 5.73 Å². The number of carboxylic acid groups (broad SMARTS) is 1. The average Bonchev–Trinajstić information content (AvgIpc) is 2.77. The Morgan fingerprint density at radius 1 is 1.03 bits per heavy atom. The van der Waals surface area contributed by atoms with E-state index in [1.54, 1.807) is 0 Å². The van der Waals surface area contributed by atoms with Crippen molar-refractivity contribution in [1.82, 2.24) is 4.90 Å². The Kier molecular flexibility index (Phi) is 8.16. The molecule has 0 bridgehead atoms. The molecule has 1 heterocycles. The largest absolute Gasteiger partial charge is 0.479 e. The second kappa shape index (κ2) is 10.4. The van der Waals surface area contributed by atoms with E-state index in [1.807, 2.05) is 4.90 Å². The first-order valence-electron chi connectivity index (χ1n) is 11.9. The molecule has 1 saturated heterocycles. The van der Waals surface area contributed by atoms with Crippen molar-refractivity contribution in [2.24, 2.45) is 29.4 Å². The van der Waals surface area contributed by atoms with Crippen LogP contribution in [0.5, 0.6) is 0 Å². The molecule has 7 heteroatoms. The Balaban J connectivity index is 1.44. The number of hydrogen-bond acceptors (Lipinski definition) is 5. The number of carbonyl (C=O) groups is 2. The molecule has 7 nitrogen and oxygen atoms in total. The molecule has 3 rings (SSSR count). The lowest BCUT2D eigenvalue weighted by molar-refractivity contribution is -0.166. The van der Waals surface area contributed by atoms with E-state index >= 15 is 0 Å². The summed E-state index contributed by atoms with van der Waals surface area (Å²) < 4.78 is 5.68. The van der Waals surface area contributed by atoms with Crippen molar-refractivity contribution in [3.8, 4) is 0 Å². The van der Waals surface area contributed by atoms with Crippen molar-refractivity contribution < 1.29 is 24.5 Å². The zero-order valence-corrected chi connectivity index (χ0v) is 18.4. The van der Waals surface area contributed by atoms with Gasteiger partial charge in [0.15, 0.2) is 5.60 Å². The number of ether oxygens (including phenoxy) is 1. The van der Waals surface area contributed by atoms with Crippen molar-refractivity contribution in [3.05, 3.63) is 0 Å². The molecule has 0 aromatic rings. The van der Waals surface area contributed by atoms with Crippen LogP contribution >= 0.6 is 0 Å². The Bertz CT molecular complexity index is 588. The molecule has 30 heavy (non-hydrogen) atoms. The predicted molar refractivity (Wildman–Crippen MR) is 114 cm³/mol. The number of carboxylic acids is 1. The summed E-state index contributed by atoms with van der Waals surface area (Å²) in [5, 5.41) is 18.9. The quantitative estimate of drug-likeness (QED) is 0.578. The first-order valence-corrected chi connectivity index (χ1v) is 11.9. The molecule has 5 unspecified atom stereocenters. The number of aliphatic carboxylic acids is 1. The van der Waals surface area contributed by atoms with Gasteiger partial charge in [0.05, 0.1) is 12.7 Å². The second-order valence-corrected chi connectivity index (χ2v) is 10.1. The van der Waals surface area contributed by atoms with Crippen molar-refractivity contribution in [2.45, 2.75) is 82.8 Å². The Morgan fingerprint density at radius 3 is 2.40 bits per heavy atom. The smallest absolute Gasteiger partial charge is 0.337 e. The third-order valence-electron chi connectivity index (χ3n) is 7.71. The number of rotatable bonds is 7. The molecule has 3 fully saturated rings. The lowest BCUT2D eigenvalue weighted by atomic mass is 9.72. The van der Waals surface area contributed by atoms with Crippen LogP contribution in [0.15, 0.2) is 0 Å². The number of hydrogen-bond donors (Lipinski definition) is 3. The third-order valence-corrected chi connectivity index (χ3v) is 7.71. The van der Waals surface area contributed by atoms with Gasteiger partial charge in [-0.1, -0.05) is 19.3 Å². The van der Waals surface area contributed by atoms with Crippen molar-refractivity contribution in [1.29, 1.82) is 0 Å². The number of aliphatic hydroxyl groups is 1. The highest BCUT2D eigenvalue weighted by molar-refractivity contribution is 5.79. The maximum atomic E-state index is 13.1. The van der Waals surface area contributed by atoms with Crippen LogP contribution in [-0.4, -0.2) is 64.9 Å². The summed E-state index contributed by atoms with van der Waals surface area (Å²) in [6.07, 6.45) is 10.4. The molecule has 0 aromatic heterocycles. The van der Waals surface area contributed by atoms with E-state index in [2.05, 4.69) is 0 Å². The van der Waals surface area contributed by atoms with E-state index in [0.717, 1.165) is 63.6 Å². The highest BCUT2D eigenvalue weighted by Crippen LogP contribution is 2.38. The predicted octanol–water partition coefficient (Wildman–Crippen LogP) is 2.40. The van der Waals surface area contributed by atoms with E-state index in [4.69, 9.17) is 15.6 Å². The Morgan fingerprint density at radius 2 is 1.73 bits per heavy atom. The summed E-state index contributed by atoms with van der Waals surface area (Å²) in [5.41, 5.74) is 4.02. The van der Waals surface area contributed by atoms with Gasteiger partial charge in [0.25, 0.3) is 0 Å². The lowest BCUT2D eigenvalue weighted by Gasteiger charge is -2.41. The minimum atomic E-state index is -1.89. The zero-order valence-electron chi connectivity index (χ0n) is 18.4. The maximum Gasteiger partial charge on any atom is 0.337 e. The minimum Gasteiger partial charge on any atom is -0.479 e.